The van der Waals surface area contributed by atoms with Crippen LogP contribution >= 0.6 is 11.8 Å². The molecule has 0 saturated carbocycles. The molecule has 1 heterocycles. The average molecular weight is 166 g/mol. The van der Waals surface area contributed by atoms with Gasteiger partial charge in [-0.1, -0.05) is 0 Å². The molecule has 1 aromatic rings. The number of hydrogen-bond donors (Lipinski definition) is 2. The quantitative estimate of drug-likeness (QED) is 0.669. The molecule has 0 spiro atoms. The molecule has 2 N–H and O–H groups in total. The van der Waals surface area contributed by atoms with Crippen LogP contribution in [0, 0.1) is 0 Å². The van der Waals surface area contributed by atoms with E-state index in [-0.39, 0.29) is 0 Å². The van der Waals surface area contributed by atoms with Crippen molar-refractivity contribution in [1.29, 1.82) is 0 Å². The van der Waals surface area contributed by atoms with Gasteiger partial charge in [0.05, 0.1) is 11.6 Å². The predicted molar refractivity (Wildman–Crippen MR) is 50.3 cm³/mol. The predicted octanol–water partition coefficient (Wildman–Crippen LogP) is 2.20. The zero-order valence-corrected chi connectivity index (χ0v) is 7.16. The van der Waals surface area contributed by atoms with E-state index >= 15 is 0 Å². The van der Waals surface area contributed by atoms with Crippen LogP contribution in [0.15, 0.2) is 23.1 Å². The van der Waals surface area contributed by atoms with E-state index in [1.807, 2.05) is 18.8 Å². The molecule has 1 aromatic carbocycles. The Balaban J connectivity index is 2.41. The van der Waals surface area contributed by atoms with E-state index in [2.05, 4.69) is 28.8 Å². The van der Waals surface area contributed by atoms with Crippen molar-refractivity contribution >= 4 is 23.1 Å². The molecule has 2 nitrogen and oxygen atoms in total. The third kappa shape index (κ3) is 1.16. The molecule has 0 atom stereocenters. The lowest BCUT2D eigenvalue weighted by Gasteiger charge is -2.02. The second kappa shape index (κ2) is 2.66. The van der Waals surface area contributed by atoms with Crippen molar-refractivity contribution in [2.45, 2.75) is 4.90 Å². The molecule has 0 amide bonds. The Kier molecular flexibility index (Phi) is 1.66. The van der Waals surface area contributed by atoms with Crippen LogP contribution in [-0.4, -0.2) is 12.9 Å². The minimum Gasteiger partial charge on any atom is -0.388 e. The number of nitrogens with one attached hydrogen (secondary N) is 2. The van der Waals surface area contributed by atoms with Crippen molar-refractivity contribution in [2.75, 3.05) is 23.6 Å². The standard InChI is InChI=1S/C8H10N2S/c1-9-6-2-3-8-7(4-6)10-5-11-8/h2-4,9-10H,5H2,1H3. The van der Waals surface area contributed by atoms with Gasteiger partial charge in [-0.05, 0) is 18.2 Å². The summed E-state index contributed by atoms with van der Waals surface area (Å²) in [6.07, 6.45) is 0. The Morgan fingerprint density at radius 3 is 3.27 bits per heavy atom. The van der Waals surface area contributed by atoms with Gasteiger partial charge in [0.2, 0.25) is 0 Å². The summed E-state index contributed by atoms with van der Waals surface area (Å²) in [7, 11) is 1.93. The maximum absolute atomic E-state index is 3.30. The first-order valence-electron chi connectivity index (χ1n) is 3.58. The normalized spacial score (nSPS) is 13.9. The minimum atomic E-state index is 1.00. The van der Waals surface area contributed by atoms with E-state index < -0.39 is 0 Å². The molecule has 0 aromatic heterocycles. The summed E-state index contributed by atoms with van der Waals surface area (Å²) in [5.41, 5.74) is 2.42. The summed E-state index contributed by atoms with van der Waals surface area (Å²) >= 11 is 1.85. The van der Waals surface area contributed by atoms with Crippen molar-refractivity contribution in [1.82, 2.24) is 0 Å². The average Bonchev–Trinajstić information content (AvgIpc) is 2.50. The number of rotatable bonds is 1. The Morgan fingerprint density at radius 1 is 1.55 bits per heavy atom. The highest BCUT2D eigenvalue weighted by Crippen LogP contribution is 2.34. The molecule has 11 heavy (non-hydrogen) atoms. The first-order chi connectivity index (χ1) is 5.40. The Bertz CT molecular complexity index is 273. The molecule has 0 aliphatic carbocycles. The van der Waals surface area contributed by atoms with Gasteiger partial charge in [0, 0.05) is 17.6 Å². The number of benzene rings is 1. The van der Waals surface area contributed by atoms with E-state index in [1.54, 1.807) is 0 Å². The number of fused-ring (bicyclic) bond motifs is 1. The SMILES string of the molecule is CNc1ccc2c(c1)NCS2. The molecule has 2 rings (SSSR count). The van der Waals surface area contributed by atoms with Crippen LogP contribution < -0.4 is 10.6 Å². The molecule has 0 unspecified atom stereocenters. The Morgan fingerprint density at radius 2 is 2.45 bits per heavy atom. The lowest BCUT2D eigenvalue weighted by Crippen LogP contribution is -1.91. The first kappa shape index (κ1) is 6.85. The lowest BCUT2D eigenvalue weighted by atomic mass is 10.3. The van der Waals surface area contributed by atoms with Crippen LogP contribution in [0.4, 0.5) is 11.4 Å². The summed E-state index contributed by atoms with van der Waals surface area (Å²) < 4.78 is 0. The second-order valence-electron chi connectivity index (χ2n) is 2.43. The fourth-order valence-corrected chi connectivity index (χ4v) is 1.98. The van der Waals surface area contributed by atoms with Gasteiger partial charge < -0.3 is 10.6 Å². The molecule has 58 valence electrons. The third-order valence-corrected chi connectivity index (χ3v) is 2.71. The molecule has 0 fully saturated rings. The maximum Gasteiger partial charge on any atom is 0.0658 e. The molecule has 1 aliphatic rings. The lowest BCUT2D eigenvalue weighted by molar-refractivity contribution is 1.40. The highest BCUT2D eigenvalue weighted by molar-refractivity contribution is 7.99. The fourth-order valence-electron chi connectivity index (χ4n) is 1.14. The van der Waals surface area contributed by atoms with Crippen LogP contribution in [0.3, 0.4) is 0 Å². The summed E-state index contributed by atoms with van der Waals surface area (Å²) in [5, 5.41) is 6.41. The van der Waals surface area contributed by atoms with Crippen LogP contribution in [0.25, 0.3) is 0 Å². The summed E-state index contributed by atoms with van der Waals surface area (Å²) in [6.45, 7) is 0. The van der Waals surface area contributed by atoms with Gasteiger partial charge in [0.1, 0.15) is 0 Å². The molecular formula is C8H10N2S. The number of anilines is 2. The van der Waals surface area contributed by atoms with Crippen LogP contribution in [0.1, 0.15) is 0 Å². The van der Waals surface area contributed by atoms with Gasteiger partial charge in [-0.3, -0.25) is 0 Å². The van der Waals surface area contributed by atoms with Crippen molar-refractivity contribution in [2.24, 2.45) is 0 Å². The van der Waals surface area contributed by atoms with E-state index in [9.17, 15) is 0 Å². The van der Waals surface area contributed by atoms with Gasteiger partial charge in [0.25, 0.3) is 0 Å². The second-order valence-corrected chi connectivity index (χ2v) is 3.44. The van der Waals surface area contributed by atoms with E-state index in [4.69, 9.17) is 0 Å². The maximum atomic E-state index is 3.30. The first-order valence-corrected chi connectivity index (χ1v) is 4.57. The molecule has 0 bridgehead atoms. The zero-order chi connectivity index (χ0) is 7.68. The van der Waals surface area contributed by atoms with Crippen molar-refractivity contribution in [3.63, 3.8) is 0 Å². The van der Waals surface area contributed by atoms with E-state index in [0.717, 1.165) is 5.88 Å². The third-order valence-electron chi connectivity index (χ3n) is 1.76. The van der Waals surface area contributed by atoms with Gasteiger partial charge in [0.15, 0.2) is 0 Å². The Labute approximate surface area is 70.4 Å². The van der Waals surface area contributed by atoms with Crippen molar-refractivity contribution in [3.8, 4) is 0 Å². The van der Waals surface area contributed by atoms with Crippen LogP contribution in [0.5, 0.6) is 0 Å². The van der Waals surface area contributed by atoms with Crippen LogP contribution in [0.2, 0.25) is 0 Å². The van der Waals surface area contributed by atoms with Gasteiger partial charge in [-0.15, -0.1) is 11.8 Å². The highest BCUT2D eigenvalue weighted by atomic mass is 32.2. The summed E-state index contributed by atoms with van der Waals surface area (Å²) in [4.78, 5) is 1.35. The molecular weight excluding hydrogens is 156 g/mol. The number of thioether (sulfide) groups is 1. The minimum absolute atomic E-state index is 1.00. The Hall–Kier alpha value is -0.830. The smallest absolute Gasteiger partial charge is 0.0658 e. The highest BCUT2D eigenvalue weighted by Gasteiger charge is 2.09. The monoisotopic (exact) mass is 166 g/mol. The van der Waals surface area contributed by atoms with Crippen LogP contribution in [-0.2, 0) is 0 Å². The summed E-state index contributed by atoms with van der Waals surface area (Å²) in [6, 6.07) is 6.38. The van der Waals surface area contributed by atoms with Gasteiger partial charge in [-0.25, -0.2) is 0 Å². The zero-order valence-electron chi connectivity index (χ0n) is 6.35. The molecule has 3 heteroatoms. The largest absolute Gasteiger partial charge is 0.388 e. The topological polar surface area (TPSA) is 24.1 Å². The van der Waals surface area contributed by atoms with Gasteiger partial charge in [-0.2, -0.15) is 0 Å². The molecule has 1 aliphatic heterocycles. The molecule has 0 radical (unpaired) electrons. The summed E-state index contributed by atoms with van der Waals surface area (Å²) in [5.74, 6) is 1.00. The van der Waals surface area contributed by atoms with Gasteiger partial charge >= 0.3 is 0 Å². The number of hydrogen-bond acceptors (Lipinski definition) is 3. The van der Waals surface area contributed by atoms with E-state index in [0.29, 0.717) is 0 Å². The molecule has 0 saturated heterocycles. The fraction of sp³-hybridized carbons (Fsp3) is 0.250. The van der Waals surface area contributed by atoms with E-state index in [1.165, 1.54) is 16.3 Å². The van der Waals surface area contributed by atoms with Crippen molar-refractivity contribution < 1.29 is 0 Å². The van der Waals surface area contributed by atoms with Crippen molar-refractivity contribution in [3.05, 3.63) is 18.2 Å².